The molecule has 9 nitrogen and oxygen atoms in total. The molecule has 4 heterocycles. The lowest BCUT2D eigenvalue weighted by atomic mass is 10.0. The largest absolute Gasteiger partial charge is 0.387 e. The average molecular weight is 476 g/mol. The van der Waals surface area contributed by atoms with Gasteiger partial charge in [-0.15, -0.1) is 0 Å². The van der Waals surface area contributed by atoms with Crippen LogP contribution in [0.3, 0.4) is 0 Å². The summed E-state index contributed by atoms with van der Waals surface area (Å²) in [4.78, 5) is 22.8. The number of aromatic nitrogens is 5. The van der Waals surface area contributed by atoms with Crippen molar-refractivity contribution in [2.45, 2.75) is 25.8 Å². The molecule has 0 atom stereocenters. The van der Waals surface area contributed by atoms with Gasteiger partial charge >= 0.3 is 0 Å². The standard InChI is InChI=1S/C25H26FN7O2/c1-15-13-33(20-4-6-32(7-5-20)22(35)14-34)25-23(15)24(27)31-30-12-18(11-29-25)17-8-16-9-19(26)2-3-21(16)28-10-17/h2-3,8-13,20,31,34H,4-7,14,27H2,1H3. The quantitative estimate of drug-likeness (QED) is 0.418. The number of aliphatic hydroxyl groups excluding tert-OH is 1. The van der Waals surface area contributed by atoms with Crippen LogP contribution in [0, 0.1) is 12.7 Å². The Hall–Kier alpha value is -4.05. The average Bonchev–Trinajstić information content (AvgIpc) is 3.23. The first-order chi connectivity index (χ1) is 16.9. The molecular weight excluding hydrogens is 449 g/mol. The van der Waals surface area contributed by atoms with E-state index in [1.165, 1.54) is 12.1 Å². The van der Waals surface area contributed by atoms with Gasteiger partial charge in [0, 0.05) is 54.2 Å². The molecule has 1 fully saturated rings. The van der Waals surface area contributed by atoms with Gasteiger partial charge in [-0.2, -0.15) is 5.10 Å². The predicted molar refractivity (Wildman–Crippen MR) is 131 cm³/mol. The van der Waals surface area contributed by atoms with Crippen molar-refractivity contribution in [3.63, 3.8) is 0 Å². The van der Waals surface area contributed by atoms with Gasteiger partial charge in [0.25, 0.3) is 0 Å². The number of nitrogen functional groups attached to an aromatic ring is 1. The number of nitrogens with zero attached hydrogens (tertiary/aromatic N) is 5. The third-order valence-corrected chi connectivity index (χ3v) is 6.50. The molecule has 4 N–H and O–H groups in total. The number of aryl methyl sites for hydroxylation is 1. The van der Waals surface area contributed by atoms with Crippen molar-refractivity contribution in [3.8, 4) is 11.1 Å². The van der Waals surface area contributed by atoms with Crippen molar-refractivity contribution in [1.82, 2.24) is 29.6 Å². The van der Waals surface area contributed by atoms with E-state index < -0.39 is 6.61 Å². The number of piperidine rings is 1. The normalized spacial score (nSPS) is 14.4. The van der Waals surface area contributed by atoms with Gasteiger partial charge in [0.1, 0.15) is 23.9 Å². The lowest BCUT2D eigenvalue weighted by molar-refractivity contribution is -0.135. The van der Waals surface area contributed by atoms with Gasteiger partial charge in [0.15, 0.2) is 0 Å². The number of hydrogen-bond donors (Lipinski definition) is 3. The number of pyridine rings is 1. The maximum Gasteiger partial charge on any atom is 0.248 e. The molecule has 0 aliphatic carbocycles. The molecule has 1 saturated heterocycles. The molecular formula is C25H26FN7O2. The van der Waals surface area contributed by atoms with Crippen molar-refractivity contribution in [2.75, 3.05) is 25.4 Å². The summed E-state index contributed by atoms with van der Waals surface area (Å²) in [6.45, 7) is 2.63. The predicted octanol–water partition coefficient (Wildman–Crippen LogP) is 3.28. The fourth-order valence-corrected chi connectivity index (χ4v) is 4.68. The molecule has 1 amide bonds. The zero-order valence-electron chi connectivity index (χ0n) is 19.3. The molecule has 0 radical (unpaired) electrons. The molecule has 0 unspecified atom stereocenters. The highest BCUT2D eigenvalue weighted by Gasteiger charge is 2.25. The van der Waals surface area contributed by atoms with E-state index in [1.807, 2.05) is 19.2 Å². The van der Waals surface area contributed by atoms with Gasteiger partial charge in [0.2, 0.25) is 5.91 Å². The number of H-pyrrole nitrogens is 1. The van der Waals surface area contributed by atoms with Gasteiger partial charge < -0.3 is 20.3 Å². The van der Waals surface area contributed by atoms with Crippen molar-refractivity contribution in [2.24, 2.45) is 0 Å². The molecule has 5 rings (SSSR count). The monoisotopic (exact) mass is 475 g/mol. The van der Waals surface area contributed by atoms with Gasteiger partial charge in [-0.1, -0.05) is 0 Å². The molecule has 1 aliphatic rings. The number of rotatable bonds is 3. The number of amides is 1. The molecule has 0 bridgehead atoms. The molecule has 180 valence electrons. The number of anilines is 1. The number of fused-ring (bicyclic) bond motifs is 2. The van der Waals surface area contributed by atoms with Gasteiger partial charge in [-0.25, -0.2) is 9.37 Å². The van der Waals surface area contributed by atoms with Crippen LogP contribution in [0.2, 0.25) is 0 Å². The Kier molecular flexibility index (Phi) is 6.04. The fraction of sp³-hybridized carbons (Fsp3) is 0.280. The summed E-state index contributed by atoms with van der Waals surface area (Å²) in [6.07, 6.45) is 8.53. The number of carbonyl (C=O) groups is 1. The van der Waals surface area contributed by atoms with Gasteiger partial charge in [-0.05, 0) is 49.6 Å². The van der Waals surface area contributed by atoms with Crippen LogP contribution >= 0.6 is 0 Å². The van der Waals surface area contributed by atoms with Crippen LogP contribution < -0.4 is 5.73 Å². The minimum absolute atomic E-state index is 0.126. The van der Waals surface area contributed by atoms with Crippen molar-refractivity contribution in [1.29, 1.82) is 0 Å². The highest BCUT2D eigenvalue weighted by molar-refractivity contribution is 5.89. The second kappa shape index (κ2) is 9.30. The maximum absolute atomic E-state index is 13.8. The number of benzene rings is 1. The second-order valence-corrected chi connectivity index (χ2v) is 8.75. The molecule has 4 aromatic rings. The molecule has 3 aromatic heterocycles. The Morgan fingerprint density at radius 1 is 1.17 bits per heavy atom. The summed E-state index contributed by atoms with van der Waals surface area (Å²) in [7, 11) is 0. The summed E-state index contributed by atoms with van der Waals surface area (Å²) < 4.78 is 15.9. The van der Waals surface area contributed by atoms with Gasteiger partial charge in [0.05, 0.1) is 17.1 Å². The third-order valence-electron chi connectivity index (χ3n) is 6.50. The maximum atomic E-state index is 13.8. The first-order valence-electron chi connectivity index (χ1n) is 11.4. The number of carbonyl (C=O) groups excluding carboxylic acids is 1. The lowest BCUT2D eigenvalue weighted by Gasteiger charge is -2.32. The summed E-state index contributed by atoms with van der Waals surface area (Å²) in [5, 5.41) is 17.8. The third kappa shape index (κ3) is 4.40. The highest BCUT2D eigenvalue weighted by atomic mass is 19.1. The number of halogens is 1. The molecule has 10 heteroatoms. The van der Waals surface area contributed by atoms with E-state index in [-0.39, 0.29) is 17.8 Å². The number of nitrogens with two attached hydrogens (primary N) is 1. The Bertz CT molecular complexity index is 1470. The van der Waals surface area contributed by atoms with E-state index >= 15 is 0 Å². The molecule has 1 aliphatic heterocycles. The van der Waals surface area contributed by atoms with Crippen LogP contribution in [0.5, 0.6) is 0 Å². The zero-order chi connectivity index (χ0) is 24.5. The smallest absolute Gasteiger partial charge is 0.248 e. The topological polar surface area (TPSA) is 126 Å². The van der Waals surface area contributed by atoms with E-state index in [1.54, 1.807) is 29.6 Å². The Balaban J connectivity index is 1.59. The SMILES string of the molecule is Cc1cn(C2CCN(C(=O)CO)CC2)c2ncc(-c3cnc4ccc(F)cc4c3)cn[nH]c(N)c12. The summed E-state index contributed by atoms with van der Waals surface area (Å²) >= 11 is 0. The number of aliphatic hydroxyl groups is 1. The fourth-order valence-electron chi connectivity index (χ4n) is 4.68. The number of aromatic amines is 1. The van der Waals surface area contributed by atoms with Crippen LogP contribution in [0.25, 0.3) is 33.1 Å². The number of hydrogen-bond acceptors (Lipinski definition) is 6. The van der Waals surface area contributed by atoms with Crippen LogP contribution in [0.4, 0.5) is 10.2 Å². The minimum Gasteiger partial charge on any atom is -0.387 e. The van der Waals surface area contributed by atoms with Crippen LogP contribution in [-0.4, -0.2) is 60.3 Å². The molecule has 0 saturated carbocycles. The summed E-state index contributed by atoms with van der Waals surface area (Å²) in [6, 6.07) is 6.45. The lowest BCUT2D eigenvalue weighted by Crippen LogP contribution is -2.40. The Labute approximate surface area is 200 Å². The molecule has 0 spiro atoms. The Morgan fingerprint density at radius 2 is 1.94 bits per heavy atom. The summed E-state index contributed by atoms with van der Waals surface area (Å²) in [5.41, 5.74) is 10.1. The number of nitrogens with one attached hydrogen (secondary N) is 1. The van der Waals surface area contributed by atoms with E-state index in [0.717, 1.165) is 29.4 Å². The first-order valence-corrected chi connectivity index (χ1v) is 11.4. The van der Waals surface area contributed by atoms with Crippen molar-refractivity contribution < 1.29 is 14.3 Å². The van der Waals surface area contributed by atoms with Crippen molar-refractivity contribution in [3.05, 3.63) is 60.4 Å². The van der Waals surface area contributed by atoms with Crippen LogP contribution in [0.1, 0.15) is 24.4 Å². The van der Waals surface area contributed by atoms with Crippen LogP contribution in [-0.2, 0) is 4.79 Å². The highest BCUT2D eigenvalue weighted by Crippen LogP contribution is 2.31. The second-order valence-electron chi connectivity index (χ2n) is 8.75. The van der Waals surface area contributed by atoms with E-state index in [9.17, 15) is 9.18 Å². The van der Waals surface area contributed by atoms with Crippen molar-refractivity contribution >= 4 is 33.7 Å². The molecule has 35 heavy (non-hydrogen) atoms. The summed E-state index contributed by atoms with van der Waals surface area (Å²) in [5.74, 6) is -0.191. The van der Waals surface area contributed by atoms with E-state index in [4.69, 9.17) is 15.8 Å². The number of likely N-dealkylation sites (tertiary alicyclic amines) is 1. The first kappa shape index (κ1) is 22.7. The Morgan fingerprint density at radius 3 is 2.71 bits per heavy atom. The van der Waals surface area contributed by atoms with Crippen LogP contribution in [0.15, 0.2) is 49.1 Å². The zero-order valence-corrected chi connectivity index (χ0v) is 19.3. The van der Waals surface area contributed by atoms with E-state index in [2.05, 4.69) is 19.7 Å². The van der Waals surface area contributed by atoms with E-state index in [0.29, 0.717) is 41.0 Å². The van der Waals surface area contributed by atoms with Gasteiger partial charge in [-0.3, -0.25) is 14.9 Å². The minimum atomic E-state index is -0.473. The molecule has 1 aromatic carbocycles.